The van der Waals surface area contributed by atoms with Gasteiger partial charge in [0.2, 0.25) is 0 Å². The van der Waals surface area contributed by atoms with E-state index in [4.69, 9.17) is 0 Å². The van der Waals surface area contributed by atoms with Crippen molar-refractivity contribution >= 4 is 28.6 Å². The predicted molar refractivity (Wildman–Crippen MR) is 88.1 cm³/mol. The molecule has 0 spiro atoms. The quantitative estimate of drug-likeness (QED) is 0.942. The Bertz CT molecular complexity index is 627. The van der Waals surface area contributed by atoms with E-state index in [2.05, 4.69) is 33.1 Å². The minimum atomic E-state index is 0.0974. The molecule has 3 fully saturated rings. The van der Waals surface area contributed by atoms with Crippen molar-refractivity contribution < 1.29 is 4.79 Å². The van der Waals surface area contributed by atoms with E-state index in [1.54, 1.807) is 22.7 Å². The second kappa shape index (κ2) is 5.55. The smallest absolute Gasteiger partial charge is 0.261 e. The second-order valence-corrected chi connectivity index (χ2v) is 7.76. The van der Waals surface area contributed by atoms with Crippen LogP contribution in [0, 0.1) is 5.92 Å². The van der Waals surface area contributed by atoms with E-state index in [0.717, 1.165) is 11.4 Å². The SMILES string of the molecule is O=C(N[C@H]1CN2CCC1CC2)c1ccc(-c2ccsc2)s1. The van der Waals surface area contributed by atoms with E-state index in [1.165, 1.54) is 36.4 Å². The summed E-state index contributed by atoms with van der Waals surface area (Å²) in [5, 5.41) is 7.45. The summed E-state index contributed by atoms with van der Waals surface area (Å²) in [6.07, 6.45) is 2.46. The largest absolute Gasteiger partial charge is 0.347 e. The second-order valence-electron chi connectivity index (χ2n) is 5.89. The van der Waals surface area contributed by atoms with Crippen LogP contribution in [0.15, 0.2) is 29.0 Å². The van der Waals surface area contributed by atoms with Crippen LogP contribution >= 0.6 is 22.7 Å². The standard InChI is InChI=1S/C16H18N2OS2/c19-16(17-13-9-18-6-3-11(13)4-7-18)15-2-1-14(21-15)12-5-8-20-10-12/h1-2,5,8,10-11,13H,3-4,6-7,9H2,(H,17,19)/t13-/m0/s1. The average molecular weight is 318 g/mol. The van der Waals surface area contributed by atoms with Crippen LogP contribution in [0.5, 0.6) is 0 Å². The molecule has 0 unspecified atom stereocenters. The van der Waals surface area contributed by atoms with Gasteiger partial charge in [-0.2, -0.15) is 11.3 Å². The highest BCUT2D eigenvalue weighted by Crippen LogP contribution is 2.31. The Balaban J connectivity index is 1.46. The summed E-state index contributed by atoms with van der Waals surface area (Å²) < 4.78 is 0. The zero-order valence-electron chi connectivity index (χ0n) is 11.7. The minimum Gasteiger partial charge on any atom is -0.347 e. The van der Waals surface area contributed by atoms with Crippen molar-refractivity contribution in [1.82, 2.24) is 10.2 Å². The van der Waals surface area contributed by atoms with Crippen LogP contribution in [0.25, 0.3) is 10.4 Å². The molecule has 1 amide bonds. The van der Waals surface area contributed by atoms with E-state index < -0.39 is 0 Å². The molecular weight excluding hydrogens is 300 g/mol. The van der Waals surface area contributed by atoms with Gasteiger partial charge in [0.15, 0.2) is 0 Å². The number of thiophene rings is 2. The number of rotatable bonds is 3. The van der Waals surface area contributed by atoms with E-state index >= 15 is 0 Å². The van der Waals surface area contributed by atoms with Crippen molar-refractivity contribution in [3.63, 3.8) is 0 Å². The Morgan fingerprint density at radius 2 is 2.10 bits per heavy atom. The molecule has 5 heteroatoms. The summed E-state index contributed by atoms with van der Waals surface area (Å²) in [7, 11) is 0. The van der Waals surface area contributed by atoms with Gasteiger partial charge in [-0.25, -0.2) is 0 Å². The molecule has 3 saturated heterocycles. The molecule has 5 heterocycles. The Morgan fingerprint density at radius 3 is 2.76 bits per heavy atom. The number of carbonyl (C=O) groups is 1. The lowest BCUT2D eigenvalue weighted by molar-refractivity contribution is 0.0622. The highest BCUT2D eigenvalue weighted by molar-refractivity contribution is 7.17. The number of nitrogens with zero attached hydrogens (tertiary/aromatic N) is 1. The first-order valence-corrected chi connectivity index (χ1v) is 9.21. The first kappa shape index (κ1) is 13.5. The van der Waals surface area contributed by atoms with Crippen molar-refractivity contribution in [3.8, 4) is 10.4 Å². The molecule has 3 aliphatic rings. The number of carbonyl (C=O) groups excluding carboxylic acids is 1. The van der Waals surface area contributed by atoms with Crippen LogP contribution in [0.4, 0.5) is 0 Å². The maximum atomic E-state index is 12.5. The number of nitrogens with one attached hydrogen (secondary N) is 1. The van der Waals surface area contributed by atoms with Gasteiger partial charge in [0, 0.05) is 23.0 Å². The fraction of sp³-hybridized carbons (Fsp3) is 0.438. The van der Waals surface area contributed by atoms with Crippen molar-refractivity contribution in [3.05, 3.63) is 33.8 Å². The van der Waals surface area contributed by atoms with E-state index in [0.29, 0.717) is 12.0 Å². The lowest BCUT2D eigenvalue weighted by Crippen LogP contribution is -2.57. The lowest BCUT2D eigenvalue weighted by Gasteiger charge is -2.44. The number of piperidine rings is 3. The summed E-state index contributed by atoms with van der Waals surface area (Å²) in [6, 6.07) is 6.45. The van der Waals surface area contributed by atoms with Gasteiger partial charge >= 0.3 is 0 Å². The van der Waals surface area contributed by atoms with Crippen LogP contribution in [0.3, 0.4) is 0 Å². The molecule has 1 N–H and O–H groups in total. The van der Waals surface area contributed by atoms with Gasteiger partial charge in [-0.15, -0.1) is 11.3 Å². The van der Waals surface area contributed by atoms with Crippen molar-refractivity contribution in [2.75, 3.05) is 19.6 Å². The summed E-state index contributed by atoms with van der Waals surface area (Å²) in [5.74, 6) is 0.774. The lowest BCUT2D eigenvalue weighted by atomic mass is 9.84. The maximum Gasteiger partial charge on any atom is 0.261 e. The topological polar surface area (TPSA) is 32.3 Å². The third-order valence-electron chi connectivity index (χ3n) is 4.61. The van der Waals surface area contributed by atoms with Crippen molar-refractivity contribution in [1.29, 1.82) is 0 Å². The fourth-order valence-corrected chi connectivity index (χ4v) is 5.02. The molecule has 21 heavy (non-hydrogen) atoms. The third kappa shape index (κ3) is 2.65. The van der Waals surface area contributed by atoms with Crippen LogP contribution in [0.1, 0.15) is 22.5 Å². The molecule has 110 valence electrons. The normalized spacial score (nSPS) is 27.7. The molecule has 2 bridgehead atoms. The highest BCUT2D eigenvalue weighted by Gasteiger charge is 2.35. The monoisotopic (exact) mass is 318 g/mol. The molecule has 0 radical (unpaired) electrons. The van der Waals surface area contributed by atoms with E-state index in [1.807, 2.05) is 6.07 Å². The molecule has 2 aromatic rings. The molecule has 0 aliphatic carbocycles. The molecule has 3 nitrogen and oxygen atoms in total. The van der Waals surface area contributed by atoms with Crippen LogP contribution in [-0.2, 0) is 0 Å². The van der Waals surface area contributed by atoms with Gasteiger partial charge in [0.25, 0.3) is 5.91 Å². The maximum absolute atomic E-state index is 12.5. The zero-order valence-corrected chi connectivity index (χ0v) is 13.4. The van der Waals surface area contributed by atoms with E-state index in [-0.39, 0.29) is 5.91 Å². The Labute approximate surface area is 132 Å². The Hall–Kier alpha value is -1.17. The molecule has 2 aromatic heterocycles. The van der Waals surface area contributed by atoms with Crippen molar-refractivity contribution in [2.24, 2.45) is 5.92 Å². The molecule has 1 atom stereocenters. The van der Waals surface area contributed by atoms with Gasteiger partial charge in [0.05, 0.1) is 4.88 Å². The molecule has 0 saturated carbocycles. The van der Waals surface area contributed by atoms with Gasteiger partial charge < -0.3 is 10.2 Å². The molecule has 3 aliphatic heterocycles. The molecule has 5 rings (SSSR count). The Morgan fingerprint density at radius 1 is 1.24 bits per heavy atom. The van der Waals surface area contributed by atoms with Gasteiger partial charge in [0.1, 0.15) is 0 Å². The Kier molecular flexibility index (Phi) is 3.57. The van der Waals surface area contributed by atoms with Crippen LogP contribution in [-0.4, -0.2) is 36.5 Å². The van der Waals surface area contributed by atoms with Gasteiger partial charge in [-0.1, -0.05) is 0 Å². The summed E-state index contributed by atoms with van der Waals surface area (Å²) in [5.41, 5.74) is 1.21. The van der Waals surface area contributed by atoms with Crippen LogP contribution < -0.4 is 5.32 Å². The van der Waals surface area contributed by atoms with Crippen molar-refractivity contribution in [2.45, 2.75) is 18.9 Å². The van der Waals surface area contributed by atoms with E-state index in [9.17, 15) is 4.79 Å². The predicted octanol–water partition coefficient (Wildman–Crippen LogP) is 3.30. The number of hydrogen-bond donors (Lipinski definition) is 1. The minimum absolute atomic E-state index is 0.0974. The van der Waals surface area contributed by atoms with Gasteiger partial charge in [-0.3, -0.25) is 4.79 Å². The summed E-state index contributed by atoms with van der Waals surface area (Å²) >= 11 is 3.28. The molecular formula is C16H18N2OS2. The van der Waals surface area contributed by atoms with Crippen LogP contribution in [0.2, 0.25) is 0 Å². The molecule has 0 aromatic carbocycles. The number of amides is 1. The zero-order chi connectivity index (χ0) is 14.2. The van der Waals surface area contributed by atoms with Gasteiger partial charge in [-0.05, 0) is 60.8 Å². The first-order valence-electron chi connectivity index (χ1n) is 7.45. The highest BCUT2D eigenvalue weighted by atomic mass is 32.1. The first-order chi connectivity index (χ1) is 10.3. The third-order valence-corrected chi connectivity index (χ3v) is 6.42. The average Bonchev–Trinajstić information content (AvgIpc) is 3.20. The number of fused-ring (bicyclic) bond motifs is 3. The summed E-state index contributed by atoms with van der Waals surface area (Å²) in [6.45, 7) is 3.44. The summed E-state index contributed by atoms with van der Waals surface area (Å²) in [4.78, 5) is 16.9. The number of hydrogen-bond acceptors (Lipinski definition) is 4. The fourth-order valence-electron chi connectivity index (χ4n) is 3.39.